The molecule has 1 amide bonds. The Hall–Kier alpha value is -2.35. The first-order chi connectivity index (χ1) is 13.4. The first-order valence-corrected chi connectivity index (χ1v) is 9.55. The van der Waals surface area contributed by atoms with Gasteiger partial charge < -0.3 is 14.1 Å². The van der Waals surface area contributed by atoms with Crippen molar-refractivity contribution in [2.75, 3.05) is 26.3 Å². The van der Waals surface area contributed by atoms with Gasteiger partial charge in [0, 0.05) is 37.6 Å². The van der Waals surface area contributed by atoms with Crippen molar-refractivity contribution >= 4 is 5.91 Å². The van der Waals surface area contributed by atoms with E-state index in [4.69, 9.17) is 9.15 Å². The molecule has 0 saturated carbocycles. The Labute approximate surface area is 161 Å². The van der Waals surface area contributed by atoms with E-state index >= 15 is 0 Å². The van der Waals surface area contributed by atoms with E-state index in [1.54, 1.807) is 4.90 Å². The molecule has 2 fully saturated rings. The zero-order valence-electron chi connectivity index (χ0n) is 16.0. The SMILES string of the molecule is CC(C)c1nnc(C2CN(C(=O)c3cc(F)ccc3F)CC23CCOCC3)o1. The summed E-state index contributed by atoms with van der Waals surface area (Å²) in [7, 11) is 0. The van der Waals surface area contributed by atoms with Crippen LogP contribution in [0.25, 0.3) is 0 Å². The number of nitrogens with zero attached hydrogens (tertiary/aromatic N) is 3. The molecule has 1 spiro atoms. The fraction of sp³-hybridized carbons (Fsp3) is 0.550. The van der Waals surface area contributed by atoms with Crippen molar-refractivity contribution in [1.82, 2.24) is 15.1 Å². The van der Waals surface area contributed by atoms with E-state index in [9.17, 15) is 13.6 Å². The van der Waals surface area contributed by atoms with Gasteiger partial charge in [0.2, 0.25) is 11.8 Å². The Bertz CT molecular complexity index is 877. The number of amides is 1. The fourth-order valence-electron chi connectivity index (χ4n) is 4.20. The Morgan fingerprint density at radius 3 is 2.68 bits per heavy atom. The first kappa shape index (κ1) is 19.0. The molecular formula is C20H23F2N3O3. The zero-order valence-corrected chi connectivity index (χ0v) is 16.0. The molecule has 8 heteroatoms. The van der Waals surface area contributed by atoms with Crippen molar-refractivity contribution in [3.63, 3.8) is 0 Å². The van der Waals surface area contributed by atoms with Crippen molar-refractivity contribution in [3.05, 3.63) is 47.2 Å². The highest BCUT2D eigenvalue weighted by molar-refractivity contribution is 5.94. The molecule has 28 heavy (non-hydrogen) atoms. The molecule has 1 aromatic heterocycles. The van der Waals surface area contributed by atoms with Crippen molar-refractivity contribution in [2.45, 2.75) is 38.5 Å². The molecular weight excluding hydrogens is 368 g/mol. The summed E-state index contributed by atoms with van der Waals surface area (Å²) in [5.41, 5.74) is -0.519. The molecule has 0 aliphatic carbocycles. The van der Waals surface area contributed by atoms with Gasteiger partial charge in [-0.15, -0.1) is 10.2 Å². The van der Waals surface area contributed by atoms with Crippen LogP contribution in [0.1, 0.15) is 60.7 Å². The zero-order chi connectivity index (χ0) is 19.9. The van der Waals surface area contributed by atoms with Crippen LogP contribution >= 0.6 is 0 Å². The third-order valence-corrected chi connectivity index (χ3v) is 5.83. The lowest BCUT2D eigenvalue weighted by Gasteiger charge is -2.36. The number of benzene rings is 1. The van der Waals surface area contributed by atoms with Crippen LogP contribution < -0.4 is 0 Å². The minimum Gasteiger partial charge on any atom is -0.425 e. The highest BCUT2D eigenvalue weighted by atomic mass is 19.1. The van der Waals surface area contributed by atoms with Gasteiger partial charge in [-0.3, -0.25) is 4.79 Å². The van der Waals surface area contributed by atoms with Crippen LogP contribution in [0.5, 0.6) is 0 Å². The highest BCUT2D eigenvalue weighted by Gasteiger charge is 2.51. The van der Waals surface area contributed by atoms with Crippen LogP contribution in [0.2, 0.25) is 0 Å². The maximum absolute atomic E-state index is 14.1. The minimum absolute atomic E-state index is 0.104. The third-order valence-electron chi connectivity index (χ3n) is 5.83. The molecule has 150 valence electrons. The maximum atomic E-state index is 14.1. The van der Waals surface area contributed by atoms with Gasteiger partial charge in [0.1, 0.15) is 11.6 Å². The van der Waals surface area contributed by atoms with Crippen LogP contribution in [0.3, 0.4) is 0 Å². The minimum atomic E-state index is -0.726. The average molecular weight is 391 g/mol. The van der Waals surface area contributed by atoms with Crippen molar-refractivity contribution in [2.24, 2.45) is 5.41 Å². The summed E-state index contributed by atoms with van der Waals surface area (Å²) < 4.78 is 39.1. The molecule has 1 unspecified atom stereocenters. The van der Waals surface area contributed by atoms with Crippen LogP contribution in [0, 0.1) is 17.0 Å². The van der Waals surface area contributed by atoms with Crippen LogP contribution in [0.4, 0.5) is 8.78 Å². The summed E-state index contributed by atoms with van der Waals surface area (Å²) in [6.45, 7) is 5.86. The molecule has 3 heterocycles. The second-order valence-corrected chi connectivity index (χ2v) is 7.97. The second kappa shape index (κ2) is 7.24. The second-order valence-electron chi connectivity index (χ2n) is 7.97. The number of aromatic nitrogens is 2. The Morgan fingerprint density at radius 1 is 1.25 bits per heavy atom. The normalized spacial score (nSPS) is 21.6. The smallest absolute Gasteiger partial charge is 0.256 e. The number of hydrogen-bond donors (Lipinski definition) is 0. The van der Waals surface area contributed by atoms with E-state index in [-0.39, 0.29) is 22.8 Å². The fourth-order valence-corrected chi connectivity index (χ4v) is 4.20. The molecule has 2 saturated heterocycles. The number of likely N-dealkylation sites (tertiary alicyclic amines) is 1. The number of halogens is 2. The van der Waals surface area contributed by atoms with Crippen LogP contribution in [0.15, 0.2) is 22.6 Å². The van der Waals surface area contributed by atoms with Gasteiger partial charge in [0.05, 0.1) is 11.5 Å². The number of ether oxygens (including phenoxy) is 1. The largest absolute Gasteiger partial charge is 0.425 e. The Kier molecular flexibility index (Phi) is 4.91. The number of hydrogen-bond acceptors (Lipinski definition) is 5. The van der Waals surface area contributed by atoms with E-state index < -0.39 is 17.5 Å². The lowest BCUT2D eigenvalue weighted by Crippen LogP contribution is -2.37. The summed E-state index contributed by atoms with van der Waals surface area (Å²) in [4.78, 5) is 14.5. The van der Waals surface area contributed by atoms with Gasteiger partial charge >= 0.3 is 0 Å². The predicted molar refractivity (Wildman–Crippen MR) is 95.9 cm³/mol. The average Bonchev–Trinajstić information content (AvgIpc) is 3.29. The quantitative estimate of drug-likeness (QED) is 0.801. The van der Waals surface area contributed by atoms with E-state index in [1.165, 1.54) is 0 Å². The summed E-state index contributed by atoms with van der Waals surface area (Å²) in [5, 5.41) is 8.37. The standard InChI is InChI=1S/C20H23F2N3O3/c1-12(2)17-23-24-18(28-17)15-10-25(11-20(15)5-7-27-8-6-20)19(26)14-9-13(21)3-4-16(14)22/h3-4,9,12,15H,5-8,10-11H2,1-2H3. The molecule has 6 nitrogen and oxygen atoms in total. The van der Waals surface area contributed by atoms with E-state index in [2.05, 4.69) is 10.2 Å². The van der Waals surface area contributed by atoms with E-state index in [0.717, 1.165) is 31.0 Å². The van der Waals surface area contributed by atoms with Crippen LogP contribution in [-0.2, 0) is 4.74 Å². The third kappa shape index (κ3) is 3.30. The molecule has 0 bridgehead atoms. The van der Waals surface area contributed by atoms with Gasteiger partial charge in [-0.05, 0) is 31.0 Å². The highest BCUT2D eigenvalue weighted by Crippen LogP contribution is 2.49. The number of rotatable bonds is 3. The van der Waals surface area contributed by atoms with Crippen molar-refractivity contribution in [3.8, 4) is 0 Å². The lowest BCUT2D eigenvalue weighted by molar-refractivity contribution is 0.00885. The van der Waals surface area contributed by atoms with Crippen LogP contribution in [-0.4, -0.2) is 47.3 Å². The Balaban J connectivity index is 1.66. The summed E-state index contributed by atoms with van der Waals surface area (Å²) in [5.74, 6) is -0.882. The molecule has 0 radical (unpaired) electrons. The van der Waals surface area contributed by atoms with Gasteiger partial charge in [0.25, 0.3) is 5.91 Å². The monoisotopic (exact) mass is 391 g/mol. The van der Waals surface area contributed by atoms with Crippen molar-refractivity contribution in [1.29, 1.82) is 0 Å². The van der Waals surface area contributed by atoms with E-state index in [1.807, 2.05) is 13.8 Å². The number of carbonyl (C=O) groups excluding carboxylic acids is 1. The lowest BCUT2D eigenvalue weighted by atomic mass is 9.72. The molecule has 1 aromatic carbocycles. The number of carbonyl (C=O) groups is 1. The van der Waals surface area contributed by atoms with Crippen molar-refractivity contribution < 1.29 is 22.7 Å². The predicted octanol–water partition coefficient (Wildman–Crippen LogP) is 3.51. The summed E-state index contributed by atoms with van der Waals surface area (Å²) in [6.07, 6.45) is 1.49. The van der Waals surface area contributed by atoms with Gasteiger partial charge in [-0.25, -0.2) is 8.78 Å². The summed E-state index contributed by atoms with van der Waals surface area (Å²) in [6, 6.07) is 2.93. The molecule has 1 atom stereocenters. The topological polar surface area (TPSA) is 68.5 Å². The summed E-state index contributed by atoms with van der Waals surface area (Å²) >= 11 is 0. The first-order valence-electron chi connectivity index (χ1n) is 9.55. The molecule has 2 aliphatic rings. The Morgan fingerprint density at radius 2 is 2.00 bits per heavy atom. The van der Waals surface area contributed by atoms with E-state index in [0.29, 0.717) is 38.1 Å². The maximum Gasteiger partial charge on any atom is 0.256 e. The van der Waals surface area contributed by atoms with Gasteiger partial charge in [-0.2, -0.15) is 0 Å². The molecule has 0 N–H and O–H groups in total. The van der Waals surface area contributed by atoms with Gasteiger partial charge in [-0.1, -0.05) is 13.8 Å². The molecule has 2 aliphatic heterocycles. The van der Waals surface area contributed by atoms with Gasteiger partial charge in [0.15, 0.2) is 0 Å². The molecule has 4 rings (SSSR count). The molecule has 2 aromatic rings.